The maximum absolute atomic E-state index is 11.6. The van der Waals surface area contributed by atoms with Gasteiger partial charge in [0.05, 0.1) is 15.6 Å². The molecule has 0 atom stereocenters. The Kier molecular flexibility index (Phi) is 4.37. The van der Waals surface area contributed by atoms with Gasteiger partial charge in [0.15, 0.2) is 0 Å². The van der Waals surface area contributed by atoms with Crippen LogP contribution in [0.4, 0.5) is 0 Å². The Morgan fingerprint density at radius 3 is 2.47 bits per heavy atom. The van der Waals surface area contributed by atoms with Gasteiger partial charge in [-0.25, -0.2) is 13.6 Å². The summed E-state index contributed by atoms with van der Waals surface area (Å²) in [6, 6.07) is 2.42. The first-order chi connectivity index (χ1) is 7.79. The summed E-state index contributed by atoms with van der Waals surface area (Å²) < 4.78 is 22.4. The number of nitrogens with two attached hydrogens (primary N) is 1. The summed E-state index contributed by atoms with van der Waals surface area (Å²) in [5.74, 6) is -0.548. The van der Waals surface area contributed by atoms with E-state index in [0.29, 0.717) is 6.54 Å². The molecule has 0 radical (unpaired) electrons. The van der Waals surface area contributed by atoms with E-state index in [-0.39, 0.29) is 20.5 Å². The maximum atomic E-state index is 11.6. The topological polar surface area (TPSA) is 89.3 Å². The molecule has 17 heavy (non-hydrogen) atoms. The van der Waals surface area contributed by atoms with Crippen molar-refractivity contribution in [1.82, 2.24) is 5.32 Å². The van der Waals surface area contributed by atoms with Gasteiger partial charge in [0.25, 0.3) is 5.91 Å². The van der Waals surface area contributed by atoms with Gasteiger partial charge in [-0.05, 0) is 19.1 Å². The molecule has 0 aliphatic heterocycles. The third-order valence-electron chi connectivity index (χ3n) is 1.93. The number of carbonyl (C=O) groups excluding carboxylic acids is 1. The molecule has 1 aromatic rings. The number of carbonyl (C=O) groups is 1. The van der Waals surface area contributed by atoms with E-state index in [2.05, 4.69) is 5.32 Å². The van der Waals surface area contributed by atoms with Crippen molar-refractivity contribution in [2.24, 2.45) is 5.14 Å². The molecular weight excluding hydrogens is 287 g/mol. The molecule has 0 aliphatic carbocycles. The van der Waals surface area contributed by atoms with Crippen molar-refractivity contribution in [3.8, 4) is 0 Å². The van der Waals surface area contributed by atoms with Crippen LogP contribution in [-0.4, -0.2) is 20.9 Å². The van der Waals surface area contributed by atoms with E-state index in [4.69, 9.17) is 28.3 Å². The second-order valence-electron chi connectivity index (χ2n) is 3.14. The largest absolute Gasteiger partial charge is 0.352 e. The quantitative estimate of drug-likeness (QED) is 0.883. The molecule has 0 aliphatic rings. The highest BCUT2D eigenvalue weighted by Crippen LogP contribution is 2.30. The SMILES string of the molecule is CCNC(=O)c1c(Cl)ccc(S(N)(=O)=O)c1Cl. The minimum absolute atomic E-state index is 0.0633. The first kappa shape index (κ1) is 14.2. The van der Waals surface area contributed by atoms with Crippen LogP contribution >= 0.6 is 23.2 Å². The number of hydrogen-bond donors (Lipinski definition) is 2. The zero-order valence-corrected chi connectivity index (χ0v) is 11.2. The summed E-state index contributed by atoms with van der Waals surface area (Å²) in [4.78, 5) is 11.3. The normalized spacial score (nSPS) is 11.3. The van der Waals surface area contributed by atoms with Crippen molar-refractivity contribution in [2.75, 3.05) is 6.54 Å². The fourth-order valence-corrected chi connectivity index (χ4v) is 2.68. The lowest BCUT2D eigenvalue weighted by atomic mass is 10.2. The molecule has 0 saturated heterocycles. The average molecular weight is 297 g/mol. The first-order valence-corrected chi connectivity index (χ1v) is 6.88. The van der Waals surface area contributed by atoms with Gasteiger partial charge in [-0.1, -0.05) is 23.2 Å². The molecule has 5 nitrogen and oxygen atoms in total. The third kappa shape index (κ3) is 3.10. The number of rotatable bonds is 3. The van der Waals surface area contributed by atoms with E-state index in [1.165, 1.54) is 6.07 Å². The number of halogens is 2. The standard InChI is InChI=1S/C9H10Cl2N2O3S/c1-2-13-9(14)7-5(10)3-4-6(8(7)11)17(12,15)16/h3-4H,2H2,1H3,(H,13,14)(H2,12,15,16). The van der Waals surface area contributed by atoms with Crippen LogP contribution < -0.4 is 10.5 Å². The second-order valence-corrected chi connectivity index (χ2v) is 5.45. The predicted molar refractivity (Wildman–Crippen MR) is 65.8 cm³/mol. The van der Waals surface area contributed by atoms with E-state index in [1.807, 2.05) is 0 Å². The van der Waals surface area contributed by atoms with E-state index < -0.39 is 15.9 Å². The van der Waals surface area contributed by atoms with Gasteiger partial charge in [-0.2, -0.15) is 0 Å². The number of amides is 1. The van der Waals surface area contributed by atoms with Gasteiger partial charge in [0.2, 0.25) is 10.0 Å². The Morgan fingerprint density at radius 1 is 1.41 bits per heavy atom. The molecule has 8 heteroatoms. The molecule has 1 amide bonds. The van der Waals surface area contributed by atoms with Gasteiger partial charge in [0.1, 0.15) is 4.90 Å². The van der Waals surface area contributed by atoms with Crippen LogP contribution in [0.15, 0.2) is 17.0 Å². The van der Waals surface area contributed by atoms with Gasteiger partial charge in [-0.3, -0.25) is 4.79 Å². The summed E-state index contributed by atoms with van der Waals surface area (Å²) >= 11 is 11.6. The average Bonchev–Trinajstić information content (AvgIpc) is 2.15. The van der Waals surface area contributed by atoms with E-state index in [1.54, 1.807) is 6.92 Å². The molecule has 94 valence electrons. The molecule has 0 saturated carbocycles. The van der Waals surface area contributed by atoms with Crippen LogP contribution in [0.5, 0.6) is 0 Å². The molecule has 0 heterocycles. The molecule has 1 rings (SSSR count). The highest BCUT2D eigenvalue weighted by atomic mass is 35.5. The van der Waals surface area contributed by atoms with Crippen LogP contribution in [0.25, 0.3) is 0 Å². The van der Waals surface area contributed by atoms with E-state index >= 15 is 0 Å². The van der Waals surface area contributed by atoms with Crippen LogP contribution in [0, 0.1) is 0 Å². The van der Waals surface area contributed by atoms with E-state index in [9.17, 15) is 13.2 Å². The number of primary sulfonamides is 1. The van der Waals surface area contributed by atoms with E-state index in [0.717, 1.165) is 6.07 Å². The zero-order valence-electron chi connectivity index (χ0n) is 8.83. The molecule has 0 aromatic heterocycles. The highest BCUT2D eigenvalue weighted by molar-refractivity contribution is 7.89. The summed E-state index contributed by atoms with van der Waals surface area (Å²) in [6.45, 7) is 2.08. The van der Waals surface area contributed by atoms with Crippen molar-refractivity contribution in [2.45, 2.75) is 11.8 Å². The van der Waals surface area contributed by atoms with Crippen molar-refractivity contribution in [3.63, 3.8) is 0 Å². The lowest BCUT2D eigenvalue weighted by Crippen LogP contribution is -2.24. The summed E-state index contributed by atoms with van der Waals surface area (Å²) in [5, 5.41) is 7.23. The minimum atomic E-state index is -3.99. The van der Waals surface area contributed by atoms with Crippen molar-refractivity contribution < 1.29 is 13.2 Å². The van der Waals surface area contributed by atoms with Crippen molar-refractivity contribution in [1.29, 1.82) is 0 Å². The smallest absolute Gasteiger partial charge is 0.254 e. The molecule has 0 spiro atoms. The fourth-order valence-electron chi connectivity index (χ4n) is 1.21. The van der Waals surface area contributed by atoms with Crippen LogP contribution in [0.3, 0.4) is 0 Å². The maximum Gasteiger partial charge on any atom is 0.254 e. The molecule has 1 aromatic carbocycles. The fraction of sp³-hybridized carbons (Fsp3) is 0.222. The highest BCUT2D eigenvalue weighted by Gasteiger charge is 2.22. The predicted octanol–water partition coefficient (Wildman–Crippen LogP) is 1.39. The summed E-state index contributed by atoms with van der Waals surface area (Å²) in [7, 11) is -3.99. The number of nitrogens with one attached hydrogen (secondary N) is 1. The Hall–Kier alpha value is -0.820. The van der Waals surface area contributed by atoms with Crippen LogP contribution in [-0.2, 0) is 10.0 Å². The molecule has 0 unspecified atom stereocenters. The van der Waals surface area contributed by atoms with Gasteiger partial charge in [-0.15, -0.1) is 0 Å². The molecule has 3 N–H and O–H groups in total. The Bertz CT molecular complexity index is 558. The van der Waals surface area contributed by atoms with Crippen molar-refractivity contribution >= 4 is 39.1 Å². The Morgan fingerprint density at radius 2 is 2.00 bits per heavy atom. The minimum Gasteiger partial charge on any atom is -0.352 e. The van der Waals surface area contributed by atoms with Gasteiger partial charge in [0, 0.05) is 6.54 Å². The van der Waals surface area contributed by atoms with Crippen LogP contribution in [0.2, 0.25) is 10.0 Å². The van der Waals surface area contributed by atoms with Gasteiger partial charge >= 0.3 is 0 Å². The zero-order chi connectivity index (χ0) is 13.2. The van der Waals surface area contributed by atoms with Crippen molar-refractivity contribution in [3.05, 3.63) is 27.7 Å². The molecule has 0 bridgehead atoms. The number of benzene rings is 1. The summed E-state index contributed by atoms with van der Waals surface area (Å²) in [6.07, 6.45) is 0. The second kappa shape index (κ2) is 5.22. The first-order valence-electron chi connectivity index (χ1n) is 4.58. The molecular formula is C9H10Cl2N2O3S. The summed E-state index contributed by atoms with van der Waals surface area (Å²) in [5.41, 5.74) is -0.0956. The van der Waals surface area contributed by atoms with Crippen LogP contribution in [0.1, 0.15) is 17.3 Å². The van der Waals surface area contributed by atoms with Gasteiger partial charge < -0.3 is 5.32 Å². The Balaban J connectivity index is 3.46. The lowest BCUT2D eigenvalue weighted by Gasteiger charge is -2.09. The Labute approximate surface area is 109 Å². The number of hydrogen-bond acceptors (Lipinski definition) is 3. The molecule has 0 fully saturated rings. The lowest BCUT2D eigenvalue weighted by molar-refractivity contribution is 0.0956. The number of sulfonamides is 1. The monoisotopic (exact) mass is 296 g/mol. The third-order valence-corrected chi connectivity index (χ3v) is 3.70.